The van der Waals surface area contributed by atoms with E-state index in [1.165, 1.54) is 36.7 Å². The number of aryl methyl sites for hydroxylation is 1. The van der Waals surface area contributed by atoms with Crippen LogP contribution in [0.1, 0.15) is 89.8 Å². The van der Waals surface area contributed by atoms with Gasteiger partial charge >= 0.3 is 0 Å². The van der Waals surface area contributed by atoms with Gasteiger partial charge in [-0.15, -0.1) is 11.3 Å². The van der Waals surface area contributed by atoms with Gasteiger partial charge in [-0.2, -0.15) is 5.26 Å². The number of nitriles is 1. The van der Waals surface area contributed by atoms with Gasteiger partial charge in [0, 0.05) is 23.9 Å². The molecule has 2 unspecified atom stereocenters. The van der Waals surface area contributed by atoms with Crippen molar-refractivity contribution < 1.29 is 14.3 Å². The van der Waals surface area contributed by atoms with Crippen molar-refractivity contribution in [3.63, 3.8) is 0 Å². The van der Waals surface area contributed by atoms with Crippen LogP contribution in [0, 0.1) is 24.2 Å². The fourth-order valence-corrected chi connectivity index (χ4v) is 4.28. The highest BCUT2D eigenvalue weighted by molar-refractivity contribution is 7.14. The second-order valence-corrected chi connectivity index (χ2v) is 11.0. The molecule has 11 heteroatoms. The number of pyridine rings is 1. The van der Waals surface area contributed by atoms with E-state index in [0.29, 0.717) is 16.9 Å². The second kappa shape index (κ2) is 17.4. The van der Waals surface area contributed by atoms with E-state index >= 15 is 0 Å². The van der Waals surface area contributed by atoms with E-state index in [1.807, 2.05) is 44.4 Å². The summed E-state index contributed by atoms with van der Waals surface area (Å²) >= 11 is 1.28. The zero-order valence-electron chi connectivity index (χ0n) is 25.9. The van der Waals surface area contributed by atoms with Crippen molar-refractivity contribution in [2.75, 3.05) is 18.5 Å². The predicted molar refractivity (Wildman–Crippen MR) is 167 cm³/mol. The molecule has 3 aromatic rings. The number of rotatable bonds is 12. The van der Waals surface area contributed by atoms with E-state index < -0.39 is 17.4 Å². The van der Waals surface area contributed by atoms with Crippen LogP contribution < -0.4 is 10.6 Å². The summed E-state index contributed by atoms with van der Waals surface area (Å²) in [4.78, 5) is 37.1. The number of hydrogen-bond donors (Lipinski definition) is 2. The summed E-state index contributed by atoms with van der Waals surface area (Å²) in [5, 5.41) is 16.6. The van der Waals surface area contributed by atoms with Crippen molar-refractivity contribution in [3.8, 4) is 17.5 Å². The fourth-order valence-electron chi connectivity index (χ4n) is 3.56. The summed E-state index contributed by atoms with van der Waals surface area (Å²) in [6.45, 7) is 15.4. The molecule has 0 aliphatic heterocycles. The number of carbonyl (C=O) groups is 2. The third-order valence-corrected chi connectivity index (χ3v) is 7.59. The molecule has 0 saturated heterocycles. The highest BCUT2D eigenvalue weighted by Crippen LogP contribution is 2.42. The van der Waals surface area contributed by atoms with Gasteiger partial charge in [-0.05, 0) is 57.6 Å². The lowest BCUT2D eigenvalue weighted by Crippen LogP contribution is -2.33. The minimum atomic E-state index is -0.572. The van der Waals surface area contributed by atoms with Crippen LogP contribution in [0.5, 0.6) is 0 Å². The van der Waals surface area contributed by atoms with Crippen LogP contribution in [0.2, 0.25) is 0 Å². The van der Waals surface area contributed by atoms with Gasteiger partial charge in [-0.25, -0.2) is 9.97 Å². The summed E-state index contributed by atoms with van der Waals surface area (Å²) in [6, 6.07) is 7.88. The van der Waals surface area contributed by atoms with Crippen LogP contribution in [0.4, 0.5) is 5.13 Å². The molecule has 1 fully saturated rings. The Hall–Kier alpha value is -3.62. The Morgan fingerprint density at radius 1 is 1.17 bits per heavy atom. The first-order valence-electron chi connectivity index (χ1n) is 14.7. The van der Waals surface area contributed by atoms with Gasteiger partial charge in [0.2, 0.25) is 5.91 Å². The zero-order chi connectivity index (χ0) is 31.1. The summed E-state index contributed by atoms with van der Waals surface area (Å²) in [7, 11) is 0. The lowest BCUT2D eigenvalue weighted by atomic mass is 10.1. The standard InChI is InChI=1S/C19H17N7O2S.C10H22O.C2H6/c1-12-3-2-4-13(23-12)15-9-29-18(24-15)25-16(27)7-21-17(28)14-8-26(11-22-14)19(10-20)5-6-19;1-5-9(3)7-8-11-10(4)6-2;1-2/h2-4,8-9,11H,5-7H2,1H3,(H,21,28)(H,24,25,27);9-10H,5-8H2,1-4H3;1-2H3. The highest BCUT2D eigenvalue weighted by Gasteiger charge is 2.45. The number of imidazole rings is 1. The average molecular weight is 596 g/mol. The second-order valence-electron chi connectivity index (χ2n) is 10.1. The highest BCUT2D eigenvalue weighted by atomic mass is 32.1. The molecule has 0 spiro atoms. The number of thiazole rings is 1. The fraction of sp³-hybridized carbons (Fsp3) is 0.548. The SMILES string of the molecule is CC.CCC(C)CCOC(C)CC.Cc1cccc(-c2csc(NC(=O)CNC(=O)c3cn(C4(C#N)CC4)cn3)n2)n1. The van der Waals surface area contributed by atoms with Gasteiger partial charge in [-0.3, -0.25) is 14.6 Å². The molecule has 0 aromatic carbocycles. The number of ether oxygens (including phenoxy) is 1. The van der Waals surface area contributed by atoms with Crippen molar-refractivity contribution in [2.45, 2.75) is 92.2 Å². The summed E-state index contributed by atoms with van der Waals surface area (Å²) in [5.74, 6) is -0.0537. The van der Waals surface area contributed by atoms with Crippen molar-refractivity contribution in [1.29, 1.82) is 5.26 Å². The van der Waals surface area contributed by atoms with Crippen molar-refractivity contribution in [2.24, 2.45) is 5.92 Å². The van der Waals surface area contributed by atoms with Gasteiger partial charge in [0.25, 0.3) is 5.91 Å². The van der Waals surface area contributed by atoms with E-state index in [1.54, 1.807) is 4.57 Å². The predicted octanol–water partition coefficient (Wildman–Crippen LogP) is 6.36. The number of anilines is 1. The normalized spacial score (nSPS) is 14.1. The van der Waals surface area contributed by atoms with E-state index in [0.717, 1.165) is 43.2 Å². The van der Waals surface area contributed by atoms with Crippen LogP contribution in [0.3, 0.4) is 0 Å². The molecule has 2 amide bonds. The van der Waals surface area contributed by atoms with E-state index in [4.69, 9.17) is 4.74 Å². The van der Waals surface area contributed by atoms with Crippen LogP contribution in [0.25, 0.3) is 11.4 Å². The Kier molecular flexibility index (Phi) is 14.3. The molecular weight excluding hydrogens is 550 g/mol. The van der Waals surface area contributed by atoms with Crippen molar-refractivity contribution >= 4 is 28.3 Å². The van der Waals surface area contributed by atoms with Gasteiger partial charge in [0.05, 0.1) is 30.7 Å². The lowest BCUT2D eigenvalue weighted by Gasteiger charge is -2.12. The Morgan fingerprint density at radius 2 is 1.90 bits per heavy atom. The summed E-state index contributed by atoms with van der Waals surface area (Å²) in [5.41, 5.74) is 1.89. The average Bonchev–Trinajstić information content (AvgIpc) is 3.39. The number of nitrogens with one attached hydrogen (secondary N) is 2. The van der Waals surface area contributed by atoms with Gasteiger partial charge < -0.3 is 19.9 Å². The Balaban J connectivity index is 0.000000403. The molecule has 0 bridgehead atoms. The van der Waals surface area contributed by atoms with Gasteiger partial charge in [0.1, 0.15) is 16.9 Å². The molecule has 228 valence electrons. The molecule has 42 heavy (non-hydrogen) atoms. The summed E-state index contributed by atoms with van der Waals surface area (Å²) < 4.78 is 7.21. The molecular formula is C31H45N7O3S. The molecule has 10 nitrogen and oxygen atoms in total. The minimum absolute atomic E-state index is 0.168. The maximum absolute atomic E-state index is 12.2. The maximum Gasteiger partial charge on any atom is 0.271 e. The Morgan fingerprint density at radius 3 is 2.52 bits per heavy atom. The van der Waals surface area contributed by atoms with E-state index in [9.17, 15) is 14.9 Å². The largest absolute Gasteiger partial charge is 0.379 e. The molecule has 3 heterocycles. The van der Waals surface area contributed by atoms with Crippen LogP contribution in [0.15, 0.2) is 36.1 Å². The first kappa shape index (κ1) is 34.6. The van der Waals surface area contributed by atoms with Gasteiger partial charge in [0.15, 0.2) is 5.13 Å². The number of nitrogens with zero attached hydrogens (tertiary/aromatic N) is 5. The van der Waals surface area contributed by atoms with Crippen LogP contribution >= 0.6 is 11.3 Å². The molecule has 2 N–H and O–H groups in total. The zero-order valence-corrected chi connectivity index (χ0v) is 26.8. The summed E-state index contributed by atoms with van der Waals surface area (Å²) in [6.07, 6.45) is 8.55. The Bertz CT molecular complexity index is 1300. The number of hydrogen-bond acceptors (Lipinski definition) is 8. The maximum atomic E-state index is 12.2. The molecule has 0 radical (unpaired) electrons. The molecule has 2 atom stereocenters. The molecule has 1 saturated carbocycles. The van der Waals surface area contributed by atoms with Crippen LogP contribution in [-0.2, 0) is 15.1 Å². The first-order chi connectivity index (χ1) is 20.2. The molecule has 4 rings (SSSR count). The minimum Gasteiger partial charge on any atom is -0.379 e. The van der Waals surface area contributed by atoms with E-state index in [-0.39, 0.29) is 12.2 Å². The Labute approximate surface area is 253 Å². The molecule has 1 aliphatic rings. The third-order valence-electron chi connectivity index (χ3n) is 6.84. The number of aromatic nitrogens is 4. The molecule has 1 aliphatic carbocycles. The topological polar surface area (TPSA) is 135 Å². The lowest BCUT2D eigenvalue weighted by molar-refractivity contribution is -0.115. The smallest absolute Gasteiger partial charge is 0.271 e. The van der Waals surface area contributed by atoms with E-state index in [2.05, 4.69) is 59.3 Å². The quantitative estimate of drug-likeness (QED) is 0.249. The van der Waals surface area contributed by atoms with Crippen molar-refractivity contribution in [3.05, 3.63) is 47.5 Å². The van der Waals surface area contributed by atoms with Crippen LogP contribution in [-0.4, -0.2) is 50.6 Å². The van der Waals surface area contributed by atoms with Gasteiger partial charge in [-0.1, -0.05) is 47.1 Å². The molecule has 3 aromatic heterocycles. The van der Waals surface area contributed by atoms with Crippen molar-refractivity contribution in [1.82, 2.24) is 24.8 Å². The number of carbonyl (C=O) groups excluding carboxylic acids is 2. The monoisotopic (exact) mass is 595 g/mol. The number of amides is 2. The first-order valence-corrected chi connectivity index (χ1v) is 15.6. The third kappa shape index (κ3) is 10.7.